The normalized spacial score (nSPS) is 10.5. The molecule has 0 spiro atoms. The monoisotopic (exact) mass is 310 g/mol. The number of hydrogen-bond acceptors (Lipinski definition) is 4. The number of carbonyl (C=O) groups excluding carboxylic acids is 2. The van der Waals surface area contributed by atoms with Gasteiger partial charge in [-0.15, -0.1) is 0 Å². The standard InChI is InChI=1S/C18H18N2O3/c1-14(21)17-11-5-9-16(20-17)10-6-12-19-18(22)23-13-15-7-3-2-4-8-15/h2-11H,12-13H2,1H3,(H,19,22). The number of pyridine rings is 1. The summed E-state index contributed by atoms with van der Waals surface area (Å²) >= 11 is 0. The lowest BCUT2D eigenvalue weighted by molar-refractivity contribution is 0.101. The van der Waals surface area contributed by atoms with Gasteiger partial charge in [0.15, 0.2) is 5.78 Å². The summed E-state index contributed by atoms with van der Waals surface area (Å²) in [6.45, 7) is 2.03. The number of carbonyl (C=O) groups is 2. The third-order valence-corrected chi connectivity index (χ3v) is 3.00. The van der Waals surface area contributed by atoms with Crippen molar-refractivity contribution in [2.24, 2.45) is 0 Å². The first-order chi connectivity index (χ1) is 11.1. The van der Waals surface area contributed by atoms with E-state index in [1.165, 1.54) is 6.92 Å². The van der Waals surface area contributed by atoms with Crippen LogP contribution in [-0.2, 0) is 11.3 Å². The first kappa shape index (κ1) is 16.4. The van der Waals surface area contributed by atoms with E-state index in [2.05, 4.69) is 10.3 Å². The van der Waals surface area contributed by atoms with Crippen LogP contribution in [-0.4, -0.2) is 23.4 Å². The summed E-state index contributed by atoms with van der Waals surface area (Å²) in [6.07, 6.45) is 3.00. The maximum atomic E-state index is 11.5. The highest BCUT2D eigenvalue weighted by Gasteiger charge is 2.01. The lowest BCUT2D eigenvalue weighted by Crippen LogP contribution is -2.24. The number of amides is 1. The lowest BCUT2D eigenvalue weighted by atomic mass is 10.2. The molecule has 5 heteroatoms. The molecular formula is C18H18N2O3. The minimum Gasteiger partial charge on any atom is -0.445 e. The number of benzene rings is 1. The molecule has 2 aromatic rings. The summed E-state index contributed by atoms with van der Waals surface area (Å²) in [4.78, 5) is 27.0. The Hall–Kier alpha value is -2.95. The number of ether oxygens (including phenoxy) is 1. The Morgan fingerprint density at radius 2 is 1.91 bits per heavy atom. The Bertz CT molecular complexity index is 696. The molecule has 1 heterocycles. The van der Waals surface area contributed by atoms with Crippen LogP contribution in [0.1, 0.15) is 28.7 Å². The van der Waals surface area contributed by atoms with Gasteiger partial charge < -0.3 is 10.1 Å². The smallest absolute Gasteiger partial charge is 0.407 e. The molecule has 0 aliphatic rings. The van der Waals surface area contributed by atoms with Crippen LogP contribution in [0.2, 0.25) is 0 Å². The van der Waals surface area contributed by atoms with Gasteiger partial charge in [0.1, 0.15) is 12.3 Å². The van der Waals surface area contributed by atoms with E-state index in [0.29, 0.717) is 17.9 Å². The fourth-order valence-corrected chi connectivity index (χ4v) is 1.84. The minimum absolute atomic E-state index is 0.0807. The van der Waals surface area contributed by atoms with Crippen molar-refractivity contribution in [1.82, 2.24) is 10.3 Å². The largest absolute Gasteiger partial charge is 0.445 e. The Morgan fingerprint density at radius 1 is 1.13 bits per heavy atom. The summed E-state index contributed by atoms with van der Waals surface area (Å²) in [5, 5.41) is 2.62. The maximum Gasteiger partial charge on any atom is 0.407 e. The number of nitrogens with zero attached hydrogens (tertiary/aromatic N) is 1. The van der Waals surface area contributed by atoms with Gasteiger partial charge in [-0.3, -0.25) is 4.79 Å². The predicted molar refractivity (Wildman–Crippen MR) is 87.9 cm³/mol. The summed E-state index contributed by atoms with van der Waals surface area (Å²) in [5.41, 5.74) is 2.02. The van der Waals surface area contributed by atoms with Gasteiger partial charge in [-0.05, 0) is 23.8 Å². The zero-order chi connectivity index (χ0) is 16.5. The molecule has 118 valence electrons. The zero-order valence-electron chi connectivity index (χ0n) is 12.9. The van der Waals surface area contributed by atoms with Gasteiger partial charge >= 0.3 is 6.09 Å². The molecule has 0 saturated carbocycles. The Balaban J connectivity index is 1.74. The van der Waals surface area contributed by atoms with Crippen molar-refractivity contribution in [3.05, 3.63) is 71.6 Å². The predicted octanol–water partition coefficient (Wildman–Crippen LogP) is 3.22. The van der Waals surface area contributed by atoms with Crippen LogP contribution in [0, 0.1) is 0 Å². The highest BCUT2D eigenvalue weighted by molar-refractivity contribution is 5.92. The number of aromatic nitrogens is 1. The van der Waals surface area contributed by atoms with Crippen LogP contribution < -0.4 is 5.32 Å². The summed E-state index contributed by atoms with van der Waals surface area (Å²) in [6, 6.07) is 14.7. The molecule has 1 aromatic carbocycles. The second-order valence-electron chi connectivity index (χ2n) is 4.85. The van der Waals surface area contributed by atoms with E-state index in [9.17, 15) is 9.59 Å². The van der Waals surface area contributed by atoms with E-state index in [-0.39, 0.29) is 12.4 Å². The van der Waals surface area contributed by atoms with E-state index < -0.39 is 6.09 Å². The molecule has 23 heavy (non-hydrogen) atoms. The van der Waals surface area contributed by atoms with Gasteiger partial charge in [-0.2, -0.15) is 0 Å². The number of Topliss-reactive ketones (excluding diaryl/α,β-unsaturated/α-hetero) is 1. The van der Waals surface area contributed by atoms with Crippen molar-refractivity contribution in [2.45, 2.75) is 13.5 Å². The summed E-state index contributed by atoms with van der Waals surface area (Å²) < 4.78 is 5.09. The highest BCUT2D eigenvalue weighted by Crippen LogP contribution is 2.02. The Labute approximate surface area is 135 Å². The molecule has 0 atom stereocenters. The third kappa shape index (κ3) is 5.74. The molecule has 0 aliphatic carbocycles. The molecule has 0 radical (unpaired) electrons. The van der Waals surface area contributed by atoms with Crippen molar-refractivity contribution in [1.29, 1.82) is 0 Å². The van der Waals surface area contributed by atoms with Crippen LogP contribution in [0.15, 0.2) is 54.6 Å². The number of hydrogen-bond donors (Lipinski definition) is 1. The average molecular weight is 310 g/mol. The van der Waals surface area contributed by atoms with Crippen LogP contribution in [0.5, 0.6) is 0 Å². The minimum atomic E-state index is -0.482. The van der Waals surface area contributed by atoms with E-state index in [4.69, 9.17) is 4.74 Å². The van der Waals surface area contributed by atoms with Crippen molar-refractivity contribution in [2.75, 3.05) is 6.54 Å². The van der Waals surface area contributed by atoms with Crippen LogP contribution >= 0.6 is 0 Å². The fraction of sp³-hybridized carbons (Fsp3) is 0.167. The van der Waals surface area contributed by atoms with Gasteiger partial charge in [0.05, 0.1) is 5.69 Å². The molecule has 0 unspecified atom stereocenters. The molecule has 1 amide bonds. The van der Waals surface area contributed by atoms with Gasteiger partial charge in [0, 0.05) is 13.5 Å². The number of nitrogens with one attached hydrogen (secondary N) is 1. The van der Waals surface area contributed by atoms with Gasteiger partial charge in [-0.25, -0.2) is 9.78 Å². The SMILES string of the molecule is CC(=O)c1cccc(C=CCNC(=O)OCc2ccccc2)n1. The van der Waals surface area contributed by atoms with Crippen molar-refractivity contribution in [3.63, 3.8) is 0 Å². The quantitative estimate of drug-likeness (QED) is 0.832. The molecule has 1 aromatic heterocycles. The first-order valence-corrected chi connectivity index (χ1v) is 7.24. The number of alkyl carbamates (subject to hydrolysis) is 1. The van der Waals surface area contributed by atoms with E-state index in [0.717, 1.165) is 5.56 Å². The second kappa shape index (κ2) is 8.48. The third-order valence-electron chi connectivity index (χ3n) is 3.00. The summed E-state index contributed by atoms with van der Waals surface area (Å²) in [7, 11) is 0. The summed E-state index contributed by atoms with van der Waals surface area (Å²) in [5.74, 6) is -0.0807. The molecule has 1 N–H and O–H groups in total. The molecule has 0 bridgehead atoms. The van der Waals surface area contributed by atoms with Crippen LogP contribution in [0.4, 0.5) is 4.79 Å². The van der Waals surface area contributed by atoms with Crippen molar-refractivity contribution >= 4 is 18.0 Å². The molecular weight excluding hydrogens is 292 g/mol. The van der Waals surface area contributed by atoms with Gasteiger partial charge in [-0.1, -0.05) is 42.5 Å². The highest BCUT2D eigenvalue weighted by atomic mass is 16.5. The van der Waals surface area contributed by atoms with Crippen molar-refractivity contribution in [3.8, 4) is 0 Å². The van der Waals surface area contributed by atoms with E-state index >= 15 is 0 Å². The zero-order valence-corrected chi connectivity index (χ0v) is 12.9. The number of rotatable bonds is 6. The van der Waals surface area contributed by atoms with Crippen LogP contribution in [0.3, 0.4) is 0 Å². The average Bonchev–Trinajstić information content (AvgIpc) is 2.58. The van der Waals surface area contributed by atoms with Gasteiger partial charge in [0.2, 0.25) is 0 Å². The Kier molecular flexibility index (Phi) is 6.06. The molecule has 2 rings (SSSR count). The topological polar surface area (TPSA) is 68.3 Å². The molecule has 0 fully saturated rings. The first-order valence-electron chi connectivity index (χ1n) is 7.24. The fourth-order valence-electron chi connectivity index (χ4n) is 1.84. The molecule has 5 nitrogen and oxygen atoms in total. The maximum absolute atomic E-state index is 11.5. The molecule has 0 aliphatic heterocycles. The second-order valence-corrected chi connectivity index (χ2v) is 4.85. The van der Waals surface area contributed by atoms with E-state index in [1.807, 2.05) is 30.3 Å². The van der Waals surface area contributed by atoms with Crippen molar-refractivity contribution < 1.29 is 14.3 Å². The van der Waals surface area contributed by atoms with Gasteiger partial charge in [0.25, 0.3) is 0 Å². The molecule has 0 saturated heterocycles. The van der Waals surface area contributed by atoms with E-state index in [1.54, 1.807) is 30.4 Å². The lowest BCUT2D eigenvalue weighted by Gasteiger charge is -2.05. The Morgan fingerprint density at radius 3 is 2.65 bits per heavy atom. The number of ketones is 1. The van der Waals surface area contributed by atoms with Crippen LogP contribution in [0.25, 0.3) is 6.08 Å².